The van der Waals surface area contributed by atoms with E-state index in [0.717, 1.165) is 0 Å². The first-order valence-corrected chi connectivity index (χ1v) is 9.49. The second-order valence-electron chi connectivity index (χ2n) is 8.17. The number of halogens is 1. The molecule has 0 saturated carbocycles. The van der Waals surface area contributed by atoms with Crippen molar-refractivity contribution in [2.75, 3.05) is 13.1 Å². The van der Waals surface area contributed by atoms with Crippen LogP contribution in [0.25, 0.3) is 11.0 Å². The summed E-state index contributed by atoms with van der Waals surface area (Å²) < 4.78 is 14.8. The molecule has 1 aliphatic rings. The second kappa shape index (κ2) is 7.26. The first-order valence-electron chi connectivity index (χ1n) is 9.49. The molecule has 156 valence electrons. The molecule has 4 rings (SSSR count). The van der Waals surface area contributed by atoms with E-state index in [9.17, 15) is 9.18 Å². The number of likely N-dealkylation sites (tertiary alicyclic amines) is 1. The summed E-state index contributed by atoms with van der Waals surface area (Å²) in [7, 11) is 0. The zero-order chi connectivity index (χ0) is 21.5. The van der Waals surface area contributed by atoms with Crippen LogP contribution in [0.4, 0.5) is 10.1 Å². The molecule has 3 aromatic rings. The Bertz CT molecular complexity index is 1210. The maximum Gasteiger partial charge on any atom is 0.262 e. The van der Waals surface area contributed by atoms with Gasteiger partial charge in [-0.1, -0.05) is 0 Å². The maximum absolute atomic E-state index is 13.1. The average Bonchev–Trinajstić information content (AvgIpc) is 3.07. The lowest BCUT2D eigenvalue weighted by atomic mass is 9.99. The Balaban J connectivity index is 0.00000272. The van der Waals surface area contributed by atoms with Gasteiger partial charge < -0.3 is 9.88 Å². The molecule has 0 bridgehead atoms. The first-order chi connectivity index (χ1) is 14.3. The number of fused-ring (bicyclic) bond motifs is 1. The average molecular weight is 410 g/mol. The minimum Gasteiger partial charge on any atom is -0.340 e. The summed E-state index contributed by atoms with van der Waals surface area (Å²) in [5.74, 6) is 0.563. The molecule has 0 aliphatic carbocycles. The molecule has 0 radical (unpaired) electrons. The van der Waals surface area contributed by atoms with E-state index in [0.29, 0.717) is 41.6 Å². The molecular weight excluding hydrogens is 387 g/mol. The van der Waals surface area contributed by atoms with Crippen LogP contribution >= 0.6 is 0 Å². The lowest BCUT2D eigenvalue weighted by Gasteiger charge is -2.39. The molecule has 10 heteroatoms. The monoisotopic (exact) mass is 410 g/mol. The van der Waals surface area contributed by atoms with Crippen LogP contribution < -0.4 is 10.9 Å². The van der Waals surface area contributed by atoms with E-state index in [1.165, 1.54) is 30.5 Å². The quantitative estimate of drug-likeness (QED) is 0.290. The van der Waals surface area contributed by atoms with Crippen molar-refractivity contribution in [2.24, 2.45) is 4.99 Å². The van der Waals surface area contributed by atoms with Gasteiger partial charge in [-0.3, -0.25) is 10.1 Å². The third kappa shape index (κ3) is 3.61. The van der Waals surface area contributed by atoms with Crippen molar-refractivity contribution in [2.45, 2.75) is 32.2 Å². The van der Waals surface area contributed by atoms with Gasteiger partial charge in [0.2, 0.25) is 5.96 Å². The lowest BCUT2D eigenvalue weighted by molar-refractivity contribution is 0.238. The molecule has 2 N–H and O–H groups in total. The summed E-state index contributed by atoms with van der Waals surface area (Å²) in [6, 6.07) is 5.69. The van der Waals surface area contributed by atoms with Crippen molar-refractivity contribution >= 4 is 22.7 Å². The summed E-state index contributed by atoms with van der Waals surface area (Å²) in [4.78, 5) is 26.3. The molecule has 1 aromatic carbocycles. The number of aliphatic imine (C=N–C) groups is 1. The van der Waals surface area contributed by atoms with Gasteiger partial charge in [0.15, 0.2) is 11.8 Å². The maximum atomic E-state index is 13.1. The van der Waals surface area contributed by atoms with Crippen LogP contribution in [0.3, 0.4) is 0 Å². The van der Waals surface area contributed by atoms with Gasteiger partial charge in [-0.05, 0) is 45.0 Å². The number of aromatic amines is 1. The number of hydrogen-bond acceptors (Lipinski definition) is 5. The summed E-state index contributed by atoms with van der Waals surface area (Å²) in [6.07, 6.45) is 3.41. The molecule has 0 spiro atoms. The molecular formula is C20H23FN8O. The number of nitrogens with one attached hydrogen (secondary N) is 2. The third-order valence-corrected chi connectivity index (χ3v) is 4.89. The SMILES string of the molecule is CC(C)(C)n1ncc2c(=O)[nH]c(C3CN(C(=Nc4ccc(F)cc4)NC#N)C3)nc21.[HH]. The fourth-order valence-corrected chi connectivity index (χ4v) is 3.31. The Labute approximate surface area is 173 Å². The van der Waals surface area contributed by atoms with Gasteiger partial charge in [-0.25, -0.2) is 19.0 Å². The number of nitrogens with zero attached hydrogens (tertiary/aromatic N) is 6. The standard InChI is InChI=1S/C20H21FN8O.H2/c1-20(2,3)29-17-15(8-24-29)18(30)27-16(26-17)12-9-28(10-12)19(23-11-22)25-14-6-4-13(21)5-7-14;/h4-8,12H,9-10H2,1-3H3,(H,23,25)(H,26,27,30);1H. The number of aromatic nitrogens is 4. The highest BCUT2D eigenvalue weighted by Gasteiger charge is 2.33. The smallest absolute Gasteiger partial charge is 0.262 e. The Hall–Kier alpha value is -3.74. The van der Waals surface area contributed by atoms with E-state index in [4.69, 9.17) is 5.26 Å². The van der Waals surface area contributed by atoms with Gasteiger partial charge in [0, 0.05) is 14.5 Å². The van der Waals surface area contributed by atoms with Crippen molar-refractivity contribution in [3.63, 3.8) is 0 Å². The number of nitriles is 1. The predicted molar refractivity (Wildman–Crippen MR) is 112 cm³/mol. The molecule has 0 atom stereocenters. The zero-order valence-corrected chi connectivity index (χ0v) is 16.8. The highest BCUT2D eigenvalue weighted by molar-refractivity contribution is 5.85. The lowest BCUT2D eigenvalue weighted by Crippen LogP contribution is -2.53. The van der Waals surface area contributed by atoms with E-state index in [1.54, 1.807) is 4.68 Å². The van der Waals surface area contributed by atoms with E-state index < -0.39 is 0 Å². The molecule has 2 aromatic heterocycles. The van der Waals surface area contributed by atoms with Crippen molar-refractivity contribution in [1.29, 1.82) is 5.26 Å². The largest absolute Gasteiger partial charge is 0.340 e. The Morgan fingerprint density at radius 2 is 2.07 bits per heavy atom. The highest BCUT2D eigenvalue weighted by Crippen LogP contribution is 2.26. The van der Waals surface area contributed by atoms with Crippen LogP contribution in [-0.4, -0.2) is 43.7 Å². The van der Waals surface area contributed by atoms with E-state index in [2.05, 4.69) is 25.4 Å². The minimum absolute atomic E-state index is 0. The molecule has 1 saturated heterocycles. The summed E-state index contributed by atoms with van der Waals surface area (Å²) in [6.45, 7) is 7.04. The third-order valence-electron chi connectivity index (χ3n) is 4.89. The highest BCUT2D eigenvalue weighted by atomic mass is 19.1. The fraction of sp³-hybridized carbons (Fsp3) is 0.350. The molecule has 0 unspecified atom stereocenters. The normalized spacial score (nSPS) is 15.2. The summed E-state index contributed by atoms with van der Waals surface area (Å²) >= 11 is 0. The van der Waals surface area contributed by atoms with Crippen molar-refractivity contribution in [3.05, 3.63) is 52.5 Å². The van der Waals surface area contributed by atoms with Crippen LogP contribution in [-0.2, 0) is 5.54 Å². The number of hydrogen-bond donors (Lipinski definition) is 2. The van der Waals surface area contributed by atoms with E-state index in [-0.39, 0.29) is 24.3 Å². The van der Waals surface area contributed by atoms with Crippen LogP contribution in [0.5, 0.6) is 0 Å². The van der Waals surface area contributed by atoms with Gasteiger partial charge >= 0.3 is 0 Å². The summed E-state index contributed by atoms with van der Waals surface area (Å²) in [5, 5.41) is 16.4. The molecule has 9 nitrogen and oxygen atoms in total. The predicted octanol–water partition coefficient (Wildman–Crippen LogP) is 2.42. The van der Waals surface area contributed by atoms with Crippen molar-refractivity contribution in [1.82, 2.24) is 30.0 Å². The van der Waals surface area contributed by atoms with Gasteiger partial charge in [0.05, 0.1) is 23.3 Å². The Kier molecular flexibility index (Phi) is 4.73. The molecule has 0 amide bonds. The van der Waals surface area contributed by atoms with Gasteiger partial charge in [-0.15, -0.1) is 0 Å². The van der Waals surface area contributed by atoms with Gasteiger partial charge in [0.1, 0.15) is 17.0 Å². The van der Waals surface area contributed by atoms with Crippen LogP contribution in [0.2, 0.25) is 0 Å². The van der Waals surface area contributed by atoms with Crippen LogP contribution in [0.15, 0.2) is 40.2 Å². The molecule has 3 heterocycles. The van der Waals surface area contributed by atoms with Crippen LogP contribution in [0.1, 0.15) is 33.9 Å². The van der Waals surface area contributed by atoms with Gasteiger partial charge in [-0.2, -0.15) is 10.4 Å². The number of guanidine groups is 1. The summed E-state index contributed by atoms with van der Waals surface area (Å²) in [5.41, 5.74) is 0.547. The van der Waals surface area contributed by atoms with Crippen molar-refractivity contribution < 1.29 is 5.82 Å². The first kappa shape index (κ1) is 19.6. The fourth-order valence-electron chi connectivity index (χ4n) is 3.31. The van der Waals surface area contributed by atoms with Crippen molar-refractivity contribution in [3.8, 4) is 6.19 Å². The number of benzene rings is 1. The van der Waals surface area contributed by atoms with Crippen LogP contribution in [0, 0.1) is 17.3 Å². The minimum atomic E-state index is -0.354. The zero-order valence-electron chi connectivity index (χ0n) is 16.8. The van der Waals surface area contributed by atoms with E-state index in [1.807, 2.05) is 31.9 Å². The van der Waals surface area contributed by atoms with Gasteiger partial charge in [0.25, 0.3) is 5.56 Å². The topological polar surface area (TPSA) is 115 Å². The number of H-pyrrole nitrogens is 1. The molecule has 1 fully saturated rings. The second-order valence-corrected chi connectivity index (χ2v) is 8.17. The Morgan fingerprint density at radius 1 is 1.37 bits per heavy atom. The van der Waals surface area contributed by atoms with E-state index >= 15 is 0 Å². The molecule has 1 aliphatic heterocycles. The number of rotatable bonds is 2. The molecule has 30 heavy (non-hydrogen) atoms. The Morgan fingerprint density at radius 3 is 2.70 bits per heavy atom.